The van der Waals surface area contributed by atoms with Crippen LogP contribution in [-0.2, 0) is 4.79 Å². The van der Waals surface area contributed by atoms with Crippen molar-refractivity contribution in [3.05, 3.63) is 29.8 Å². The molecule has 1 aliphatic rings. The summed E-state index contributed by atoms with van der Waals surface area (Å²) in [6.45, 7) is 0.314. The van der Waals surface area contributed by atoms with Gasteiger partial charge in [0.2, 0.25) is 5.91 Å². The predicted octanol–water partition coefficient (Wildman–Crippen LogP) is 2.97. The normalized spacial score (nSPS) is 15.8. The summed E-state index contributed by atoms with van der Waals surface area (Å²) in [4.78, 5) is 25.9. The molecular weight excluding hydrogens is 334 g/mol. The van der Waals surface area contributed by atoms with Crippen molar-refractivity contribution in [2.24, 2.45) is 11.8 Å². The lowest BCUT2D eigenvalue weighted by Crippen LogP contribution is -2.43. The fraction of sp³-hybridized carbons (Fsp3) is 0.526. The van der Waals surface area contributed by atoms with Crippen LogP contribution in [0.2, 0.25) is 0 Å². The van der Waals surface area contributed by atoms with Gasteiger partial charge < -0.3 is 10.6 Å². The number of nitrogens with zero attached hydrogens (tertiary/aromatic N) is 1. The molecule has 5 nitrogen and oxygen atoms in total. The van der Waals surface area contributed by atoms with E-state index in [1.165, 1.54) is 18.2 Å². The maximum atomic E-state index is 12.5. The van der Waals surface area contributed by atoms with Crippen LogP contribution >= 0.6 is 11.8 Å². The van der Waals surface area contributed by atoms with E-state index in [1.54, 1.807) is 6.07 Å². The number of hydrogen-bond acceptors (Lipinski definition) is 4. The van der Waals surface area contributed by atoms with Crippen LogP contribution in [0, 0.1) is 23.2 Å². The highest BCUT2D eigenvalue weighted by atomic mass is 32.2. The maximum Gasteiger partial charge on any atom is 0.252 e. The second-order valence-electron chi connectivity index (χ2n) is 6.29. The van der Waals surface area contributed by atoms with E-state index >= 15 is 0 Å². The minimum Gasteiger partial charge on any atom is -0.351 e. The molecule has 0 radical (unpaired) electrons. The van der Waals surface area contributed by atoms with E-state index in [9.17, 15) is 9.59 Å². The molecule has 2 amide bonds. The molecule has 1 aromatic rings. The molecule has 1 unspecified atom stereocenters. The SMILES string of the molecule is CSc1ccccc1C(=O)NCC(C(=O)NCC#N)C1CCCCC1. The van der Waals surface area contributed by atoms with Crippen molar-refractivity contribution in [3.8, 4) is 6.07 Å². The maximum absolute atomic E-state index is 12.5. The van der Waals surface area contributed by atoms with Crippen LogP contribution in [0.4, 0.5) is 0 Å². The summed E-state index contributed by atoms with van der Waals surface area (Å²) in [7, 11) is 0. The van der Waals surface area contributed by atoms with Crippen LogP contribution in [0.5, 0.6) is 0 Å². The van der Waals surface area contributed by atoms with Gasteiger partial charge in [-0.05, 0) is 37.1 Å². The molecular formula is C19H25N3O2S. The lowest BCUT2D eigenvalue weighted by molar-refractivity contribution is -0.126. The van der Waals surface area contributed by atoms with E-state index in [0.29, 0.717) is 12.1 Å². The van der Waals surface area contributed by atoms with Gasteiger partial charge in [0.05, 0.1) is 17.6 Å². The van der Waals surface area contributed by atoms with Crippen molar-refractivity contribution in [1.82, 2.24) is 10.6 Å². The zero-order chi connectivity index (χ0) is 18.1. The molecule has 1 saturated carbocycles. The van der Waals surface area contributed by atoms with E-state index in [-0.39, 0.29) is 30.2 Å². The zero-order valence-electron chi connectivity index (χ0n) is 14.6. The molecule has 1 aliphatic carbocycles. The van der Waals surface area contributed by atoms with Gasteiger partial charge in [0.25, 0.3) is 5.91 Å². The fourth-order valence-electron chi connectivity index (χ4n) is 3.40. The molecule has 6 heteroatoms. The Bertz CT molecular complexity index is 636. The number of hydrogen-bond donors (Lipinski definition) is 2. The van der Waals surface area contributed by atoms with Crippen molar-refractivity contribution in [2.45, 2.75) is 37.0 Å². The smallest absolute Gasteiger partial charge is 0.252 e. The first-order valence-corrected chi connectivity index (χ1v) is 9.95. The third kappa shape index (κ3) is 5.50. The molecule has 1 atom stereocenters. The second-order valence-corrected chi connectivity index (χ2v) is 7.14. The van der Waals surface area contributed by atoms with E-state index < -0.39 is 0 Å². The van der Waals surface area contributed by atoms with Gasteiger partial charge in [0.15, 0.2) is 0 Å². The summed E-state index contributed by atoms with van der Waals surface area (Å²) in [5, 5.41) is 14.3. The molecule has 0 heterocycles. The molecule has 134 valence electrons. The summed E-state index contributed by atoms with van der Waals surface area (Å²) in [6, 6.07) is 9.40. The molecule has 1 aromatic carbocycles. The Hall–Kier alpha value is -2.00. The van der Waals surface area contributed by atoms with Crippen LogP contribution in [0.25, 0.3) is 0 Å². The summed E-state index contributed by atoms with van der Waals surface area (Å²) < 4.78 is 0. The number of rotatable bonds is 7. The molecule has 0 saturated heterocycles. The van der Waals surface area contributed by atoms with Gasteiger partial charge in [-0.25, -0.2) is 0 Å². The van der Waals surface area contributed by atoms with E-state index in [1.807, 2.05) is 30.5 Å². The largest absolute Gasteiger partial charge is 0.351 e. The highest BCUT2D eigenvalue weighted by Crippen LogP contribution is 2.30. The number of amides is 2. The van der Waals surface area contributed by atoms with Gasteiger partial charge >= 0.3 is 0 Å². The minimum atomic E-state index is -0.279. The first-order valence-electron chi connectivity index (χ1n) is 8.73. The zero-order valence-corrected chi connectivity index (χ0v) is 15.4. The summed E-state index contributed by atoms with van der Waals surface area (Å²) in [5.74, 6) is -0.298. The standard InChI is InChI=1S/C19H25N3O2S/c1-25-17-10-6-5-9-15(17)18(23)22-13-16(19(24)21-12-11-20)14-7-3-2-4-8-14/h5-6,9-10,14,16H,2-4,7-8,12-13H2,1H3,(H,21,24)(H,22,23). The first-order chi connectivity index (χ1) is 12.2. The third-order valence-corrected chi connectivity index (χ3v) is 5.53. The van der Waals surface area contributed by atoms with Crippen LogP contribution < -0.4 is 10.6 Å². The minimum absolute atomic E-state index is 0.00527. The summed E-state index contributed by atoms with van der Waals surface area (Å²) in [5.41, 5.74) is 0.634. The lowest BCUT2D eigenvalue weighted by atomic mass is 9.79. The Labute approximate surface area is 153 Å². The molecule has 1 fully saturated rings. The number of nitriles is 1. The molecule has 25 heavy (non-hydrogen) atoms. The summed E-state index contributed by atoms with van der Waals surface area (Å²) in [6.07, 6.45) is 7.39. The Morgan fingerprint density at radius 1 is 1.24 bits per heavy atom. The number of carbonyl (C=O) groups is 2. The highest BCUT2D eigenvalue weighted by Gasteiger charge is 2.30. The van der Waals surface area contributed by atoms with Crippen LogP contribution in [-0.4, -0.2) is 31.2 Å². The van der Waals surface area contributed by atoms with Gasteiger partial charge in [-0.1, -0.05) is 31.4 Å². The average molecular weight is 359 g/mol. The summed E-state index contributed by atoms with van der Waals surface area (Å²) >= 11 is 1.53. The average Bonchev–Trinajstić information content (AvgIpc) is 2.67. The Morgan fingerprint density at radius 2 is 1.96 bits per heavy atom. The Balaban J connectivity index is 2.04. The number of nitrogens with one attached hydrogen (secondary N) is 2. The quantitative estimate of drug-likeness (QED) is 0.579. The highest BCUT2D eigenvalue weighted by molar-refractivity contribution is 7.98. The van der Waals surface area contributed by atoms with E-state index in [4.69, 9.17) is 5.26 Å². The lowest BCUT2D eigenvalue weighted by Gasteiger charge is -2.29. The Kier molecular flexibility index (Phi) is 7.80. The van der Waals surface area contributed by atoms with Crippen molar-refractivity contribution < 1.29 is 9.59 Å². The van der Waals surface area contributed by atoms with Crippen LogP contribution in [0.1, 0.15) is 42.5 Å². The fourth-order valence-corrected chi connectivity index (χ4v) is 3.99. The van der Waals surface area contributed by atoms with Gasteiger partial charge in [-0.3, -0.25) is 9.59 Å². The van der Waals surface area contributed by atoms with Gasteiger partial charge in [-0.15, -0.1) is 11.8 Å². The molecule has 0 aliphatic heterocycles. The number of benzene rings is 1. The number of carbonyl (C=O) groups excluding carboxylic acids is 2. The third-order valence-electron chi connectivity index (χ3n) is 4.73. The monoisotopic (exact) mass is 359 g/mol. The molecule has 0 bridgehead atoms. The first kappa shape index (κ1) is 19.3. The van der Waals surface area contributed by atoms with Crippen LogP contribution in [0.3, 0.4) is 0 Å². The van der Waals surface area contributed by atoms with E-state index in [2.05, 4.69) is 10.6 Å². The van der Waals surface area contributed by atoms with Gasteiger partial charge in [0.1, 0.15) is 6.54 Å². The van der Waals surface area contributed by atoms with Crippen LogP contribution in [0.15, 0.2) is 29.2 Å². The predicted molar refractivity (Wildman–Crippen MR) is 99.2 cm³/mol. The van der Waals surface area contributed by atoms with Crippen molar-refractivity contribution in [3.63, 3.8) is 0 Å². The molecule has 0 spiro atoms. The van der Waals surface area contributed by atoms with Crippen molar-refractivity contribution in [2.75, 3.05) is 19.3 Å². The van der Waals surface area contributed by atoms with Crippen molar-refractivity contribution in [1.29, 1.82) is 5.26 Å². The van der Waals surface area contributed by atoms with Crippen molar-refractivity contribution >= 4 is 23.6 Å². The van der Waals surface area contributed by atoms with Gasteiger partial charge in [-0.2, -0.15) is 5.26 Å². The van der Waals surface area contributed by atoms with Gasteiger partial charge in [0, 0.05) is 11.4 Å². The number of thioether (sulfide) groups is 1. The molecule has 2 N–H and O–H groups in total. The topological polar surface area (TPSA) is 82.0 Å². The second kappa shape index (κ2) is 10.1. The molecule has 2 rings (SSSR count). The Morgan fingerprint density at radius 3 is 2.64 bits per heavy atom. The van der Waals surface area contributed by atoms with E-state index in [0.717, 1.165) is 30.6 Å². The molecule has 0 aromatic heterocycles.